The van der Waals surface area contributed by atoms with Gasteiger partial charge in [0.05, 0.1) is 6.10 Å². The van der Waals surface area contributed by atoms with E-state index in [1.807, 2.05) is 0 Å². The zero-order chi connectivity index (χ0) is 11.4. The Balaban J connectivity index is 2.81. The van der Waals surface area contributed by atoms with E-state index in [1.54, 1.807) is 18.2 Å². The van der Waals surface area contributed by atoms with Gasteiger partial charge in [0.1, 0.15) is 6.10 Å². The van der Waals surface area contributed by atoms with Gasteiger partial charge in [-0.1, -0.05) is 6.07 Å². The number of aliphatic hydroxyl groups is 2. The molecule has 0 heterocycles. The summed E-state index contributed by atoms with van der Waals surface area (Å²) < 4.78 is 0.706. The van der Waals surface area contributed by atoms with E-state index >= 15 is 0 Å². The molecular formula is C10H13BrClNO2. The molecule has 0 radical (unpaired) electrons. The van der Waals surface area contributed by atoms with Gasteiger partial charge in [-0.2, -0.15) is 0 Å². The lowest BCUT2D eigenvalue weighted by Crippen LogP contribution is -2.18. The van der Waals surface area contributed by atoms with Gasteiger partial charge in [-0.25, -0.2) is 0 Å². The number of rotatable bonds is 4. The average Bonchev–Trinajstić information content (AvgIpc) is 2.21. The fourth-order valence-electron chi connectivity index (χ4n) is 1.22. The molecule has 3 nitrogen and oxygen atoms in total. The quantitative estimate of drug-likeness (QED) is 0.588. The fourth-order valence-corrected chi connectivity index (χ4v) is 1.84. The van der Waals surface area contributed by atoms with Crippen molar-refractivity contribution in [3.8, 4) is 0 Å². The van der Waals surface area contributed by atoms with Crippen molar-refractivity contribution in [3.63, 3.8) is 0 Å². The van der Waals surface area contributed by atoms with Gasteiger partial charge in [0.25, 0.3) is 0 Å². The molecule has 4 N–H and O–H groups in total. The highest BCUT2D eigenvalue weighted by Crippen LogP contribution is 2.26. The second-order valence-electron chi connectivity index (χ2n) is 3.27. The molecule has 0 saturated heterocycles. The van der Waals surface area contributed by atoms with E-state index in [4.69, 9.17) is 17.3 Å². The van der Waals surface area contributed by atoms with Crippen LogP contribution in [0.3, 0.4) is 0 Å². The summed E-state index contributed by atoms with van der Waals surface area (Å²) in [6, 6.07) is 5.05. The molecule has 0 spiro atoms. The molecule has 0 aromatic heterocycles. The Kier molecular flexibility index (Phi) is 4.86. The normalized spacial score (nSPS) is 14.9. The van der Waals surface area contributed by atoms with Crippen LogP contribution >= 0.6 is 27.5 Å². The zero-order valence-electron chi connectivity index (χ0n) is 8.03. The molecule has 1 rings (SSSR count). The Morgan fingerprint density at radius 2 is 2.07 bits per heavy atom. The zero-order valence-corrected chi connectivity index (χ0v) is 10.4. The van der Waals surface area contributed by atoms with Gasteiger partial charge in [-0.3, -0.25) is 0 Å². The number of anilines is 1. The van der Waals surface area contributed by atoms with Crippen LogP contribution in [0.4, 0.5) is 5.69 Å². The Morgan fingerprint density at radius 1 is 1.40 bits per heavy atom. The van der Waals surface area contributed by atoms with Gasteiger partial charge >= 0.3 is 0 Å². The van der Waals surface area contributed by atoms with Crippen LogP contribution in [0.5, 0.6) is 0 Å². The number of alkyl halides is 1. The molecule has 0 amide bonds. The lowest BCUT2D eigenvalue weighted by molar-refractivity contribution is 0.0170. The highest BCUT2D eigenvalue weighted by molar-refractivity contribution is 9.10. The van der Waals surface area contributed by atoms with Gasteiger partial charge in [-0.15, -0.1) is 11.6 Å². The Bertz CT molecular complexity index is 335. The van der Waals surface area contributed by atoms with Crippen molar-refractivity contribution in [2.24, 2.45) is 0 Å². The summed E-state index contributed by atoms with van der Waals surface area (Å²) in [4.78, 5) is 0. The maximum atomic E-state index is 9.77. The first-order valence-electron chi connectivity index (χ1n) is 4.53. The Labute approximate surface area is 102 Å². The largest absolute Gasteiger partial charge is 0.398 e. The summed E-state index contributed by atoms with van der Waals surface area (Å²) in [5.74, 6) is 0.314. The number of halogens is 2. The SMILES string of the molecule is Nc1ccc(C(O)C(O)CCCl)cc1Br. The standard InChI is InChI=1S/C10H13BrClNO2/c11-7-5-6(1-2-8(7)13)10(15)9(14)3-4-12/h1-2,5,9-10,14-15H,3-4,13H2. The van der Waals surface area contributed by atoms with Crippen molar-refractivity contribution in [2.75, 3.05) is 11.6 Å². The average molecular weight is 295 g/mol. The Hall–Kier alpha value is -0.290. The number of benzene rings is 1. The smallest absolute Gasteiger partial charge is 0.105 e. The summed E-state index contributed by atoms with van der Waals surface area (Å²) in [6.45, 7) is 0. The van der Waals surface area contributed by atoms with Crippen LogP contribution in [-0.4, -0.2) is 22.2 Å². The molecule has 0 aliphatic heterocycles. The van der Waals surface area contributed by atoms with Gasteiger partial charge < -0.3 is 15.9 Å². The third-order valence-electron chi connectivity index (χ3n) is 2.14. The number of aliphatic hydroxyl groups excluding tert-OH is 2. The van der Waals surface area contributed by atoms with Gasteiger partial charge in [0, 0.05) is 16.0 Å². The summed E-state index contributed by atoms with van der Waals surface area (Å²) in [6.07, 6.45) is -1.43. The predicted molar refractivity (Wildman–Crippen MR) is 64.9 cm³/mol. The van der Waals surface area contributed by atoms with E-state index in [-0.39, 0.29) is 0 Å². The van der Waals surface area contributed by atoms with Crippen LogP contribution in [0, 0.1) is 0 Å². The molecule has 5 heteroatoms. The number of nitrogen functional groups attached to an aromatic ring is 1. The maximum Gasteiger partial charge on any atom is 0.105 e. The van der Waals surface area contributed by atoms with Crippen LogP contribution in [0.15, 0.2) is 22.7 Å². The van der Waals surface area contributed by atoms with Crippen molar-refractivity contribution >= 4 is 33.2 Å². The van der Waals surface area contributed by atoms with Gasteiger partial charge in [-0.05, 0) is 40.0 Å². The topological polar surface area (TPSA) is 66.5 Å². The first-order valence-corrected chi connectivity index (χ1v) is 5.86. The molecule has 15 heavy (non-hydrogen) atoms. The van der Waals surface area contributed by atoms with Gasteiger partial charge in [0.2, 0.25) is 0 Å². The summed E-state index contributed by atoms with van der Waals surface area (Å²) in [7, 11) is 0. The minimum absolute atomic E-state index is 0.314. The molecular weight excluding hydrogens is 281 g/mol. The molecule has 1 aromatic carbocycles. The van der Waals surface area contributed by atoms with E-state index in [9.17, 15) is 10.2 Å². The minimum Gasteiger partial charge on any atom is -0.398 e. The van der Waals surface area contributed by atoms with Crippen LogP contribution in [0.1, 0.15) is 18.1 Å². The number of hydrogen-bond donors (Lipinski definition) is 3. The number of nitrogens with two attached hydrogens (primary N) is 1. The molecule has 2 unspecified atom stereocenters. The summed E-state index contributed by atoms with van der Waals surface area (Å²) in [5.41, 5.74) is 6.83. The first-order chi connectivity index (χ1) is 7.06. The third kappa shape index (κ3) is 3.34. The van der Waals surface area contributed by atoms with Crippen LogP contribution < -0.4 is 5.73 Å². The second-order valence-corrected chi connectivity index (χ2v) is 4.50. The van der Waals surface area contributed by atoms with E-state index < -0.39 is 12.2 Å². The predicted octanol–water partition coefficient (Wildman–Crippen LogP) is 2.05. The highest BCUT2D eigenvalue weighted by Gasteiger charge is 2.18. The highest BCUT2D eigenvalue weighted by atomic mass is 79.9. The molecule has 0 aliphatic rings. The first kappa shape index (κ1) is 12.8. The Morgan fingerprint density at radius 3 is 2.60 bits per heavy atom. The van der Waals surface area contributed by atoms with E-state index in [0.717, 1.165) is 0 Å². The van der Waals surface area contributed by atoms with E-state index in [2.05, 4.69) is 15.9 Å². The van der Waals surface area contributed by atoms with Crippen molar-refractivity contribution in [1.82, 2.24) is 0 Å². The van der Waals surface area contributed by atoms with Crippen molar-refractivity contribution in [1.29, 1.82) is 0 Å². The van der Waals surface area contributed by atoms with Crippen LogP contribution in [0.2, 0.25) is 0 Å². The van der Waals surface area contributed by atoms with Crippen molar-refractivity contribution in [2.45, 2.75) is 18.6 Å². The second kappa shape index (κ2) is 5.70. The van der Waals surface area contributed by atoms with E-state index in [1.165, 1.54) is 0 Å². The van der Waals surface area contributed by atoms with Crippen LogP contribution in [0.25, 0.3) is 0 Å². The maximum absolute atomic E-state index is 9.77. The van der Waals surface area contributed by atoms with E-state index in [0.29, 0.717) is 28.0 Å². The summed E-state index contributed by atoms with van der Waals surface area (Å²) >= 11 is 8.74. The van der Waals surface area contributed by atoms with Crippen molar-refractivity contribution in [3.05, 3.63) is 28.2 Å². The molecule has 2 atom stereocenters. The van der Waals surface area contributed by atoms with Crippen LogP contribution in [-0.2, 0) is 0 Å². The lowest BCUT2D eigenvalue weighted by Gasteiger charge is -2.17. The van der Waals surface area contributed by atoms with Gasteiger partial charge in [0.15, 0.2) is 0 Å². The molecule has 0 aliphatic carbocycles. The number of hydrogen-bond acceptors (Lipinski definition) is 3. The van der Waals surface area contributed by atoms with Crippen molar-refractivity contribution < 1.29 is 10.2 Å². The molecule has 0 saturated carbocycles. The fraction of sp³-hybridized carbons (Fsp3) is 0.400. The molecule has 0 fully saturated rings. The monoisotopic (exact) mass is 293 g/mol. The molecule has 84 valence electrons. The molecule has 0 bridgehead atoms. The summed E-state index contributed by atoms with van der Waals surface area (Å²) in [5, 5.41) is 19.3. The lowest BCUT2D eigenvalue weighted by atomic mass is 10.0. The molecule has 1 aromatic rings. The third-order valence-corrected chi connectivity index (χ3v) is 3.04. The minimum atomic E-state index is -0.930.